The first-order valence-electron chi connectivity index (χ1n) is 2.04. The second-order valence-corrected chi connectivity index (χ2v) is 1.51. The Bertz CT molecular complexity index is 79.6. The van der Waals surface area contributed by atoms with Crippen molar-refractivity contribution in [3.05, 3.63) is 0 Å². The van der Waals surface area contributed by atoms with Gasteiger partial charge in [-0.2, -0.15) is 0 Å². The normalized spacial score (nSPS) is 30.8. The van der Waals surface area contributed by atoms with E-state index in [1.807, 2.05) is 0 Å². The highest BCUT2D eigenvalue weighted by atomic mass is 16.1. The first kappa shape index (κ1) is 3.81. The lowest BCUT2D eigenvalue weighted by molar-refractivity contribution is -0.110. The van der Waals surface area contributed by atoms with Gasteiger partial charge < -0.3 is 5.32 Å². The van der Waals surface area contributed by atoms with E-state index in [1.54, 1.807) is 7.05 Å². The van der Waals surface area contributed by atoms with Crippen molar-refractivity contribution >= 4 is 5.78 Å². The van der Waals surface area contributed by atoms with E-state index in [0.717, 1.165) is 6.42 Å². The number of likely N-dealkylation sites (N-methyl/N-ethyl adjacent to an activating group) is 1. The molecule has 1 saturated carbocycles. The molecule has 1 fully saturated rings. The molecule has 0 aromatic carbocycles. The summed E-state index contributed by atoms with van der Waals surface area (Å²) in [4.78, 5) is 10.1. The van der Waals surface area contributed by atoms with Gasteiger partial charge in [-0.3, -0.25) is 4.79 Å². The minimum atomic E-state index is 0.213. The molecule has 1 aliphatic carbocycles. The van der Waals surface area contributed by atoms with Gasteiger partial charge in [-0.05, 0) is 7.05 Å². The van der Waals surface area contributed by atoms with Crippen molar-refractivity contribution in [1.82, 2.24) is 5.32 Å². The Hall–Kier alpha value is -0.370. The summed E-state index contributed by atoms with van der Waals surface area (Å²) in [5.41, 5.74) is 0. The number of hydrogen-bond donors (Lipinski definition) is 1. The third-order valence-electron chi connectivity index (χ3n) is 0.982. The minimum Gasteiger partial charge on any atom is -0.310 e. The number of nitrogens with one attached hydrogen (secondary N) is 1. The van der Waals surface area contributed by atoms with Crippen LogP contribution >= 0.6 is 0 Å². The van der Waals surface area contributed by atoms with Gasteiger partial charge in [0.1, 0.15) is 0 Å². The van der Waals surface area contributed by atoms with Crippen molar-refractivity contribution in [1.29, 1.82) is 0 Å². The highest BCUT2D eigenvalue weighted by molar-refractivity contribution is 5.99. The van der Waals surface area contributed by atoms with E-state index in [9.17, 15) is 4.79 Å². The van der Waals surface area contributed by atoms with Crippen LogP contribution in [-0.2, 0) is 4.79 Å². The summed E-state index contributed by atoms with van der Waals surface area (Å²) >= 11 is 0. The zero-order valence-electron chi connectivity index (χ0n) is 3.69. The third kappa shape index (κ3) is 0.431. The fourth-order valence-corrected chi connectivity index (χ4v) is 0.405. The lowest BCUT2D eigenvalue weighted by Crippen LogP contribution is -2.09. The van der Waals surface area contributed by atoms with Crippen molar-refractivity contribution in [3.8, 4) is 0 Å². The summed E-state index contributed by atoms with van der Waals surface area (Å²) in [7, 11) is 1.80. The minimum absolute atomic E-state index is 0.213. The van der Waals surface area contributed by atoms with E-state index in [2.05, 4.69) is 5.32 Å². The number of hydrogen-bond acceptors (Lipinski definition) is 2. The number of ketones is 1. The van der Waals surface area contributed by atoms with Gasteiger partial charge in [-0.25, -0.2) is 0 Å². The Labute approximate surface area is 36.5 Å². The van der Waals surface area contributed by atoms with Crippen LogP contribution in [0.5, 0.6) is 0 Å². The van der Waals surface area contributed by atoms with Gasteiger partial charge in [0.05, 0.1) is 6.04 Å². The Kier molecular flexibility index (Phi) is 0.665. The third-order valence-corrected chi connectivity index (χ3v) is 0.982. The number of rotatable bonds is 1. The van der Waals surface area contributed by atoms with Crippen LogP contribution in [0.1, 0.15) is 6.42 Å². The van der Waals surface area contributed by atoms with E-state index >= 15 is 0 Å². The van der Waals surface area contributed by atoms with Crippen molar-refractivity contribution in [2.75, 3.05) is 7.05 Å². The van der Waals surface area contributed by atoms with E-state index in [-0.39, 0.29) is 6.04 Å². The van der Waals surface area contributed by atoms with Crippen LogP contribution in [0, 0.1) is 0 Å². The molecule has 1 N–H and O–H groups in total. The molecule has 2 heteroatoms. The Balaban J connectivity index is 2.26. The maximum Gasteiger partial charge on any atom is 0.152 e. The number of carbonyl (C=O) groups is 1. The molecule has 1 rings (SSSR count). The lowest BCUT2D eigenvalue weighted by Gasteiger charge is -1.78. The van der Waals surface area contributed by atoms with Gasteiger partial charge in [0.15, 0.2) is 5.78 Å². The molecule has 0 aromatic heterocycles. The molecule has 1 atom stereocenters. The van der Waals surface area contributed by atoms with Crippen LogP contribution in [0.3, 0.4) is 0 Å². The topological polar surface area (TPSA) is 29.1 Å². The smallest absolute Gasteiger partial charge is 0.152 e. The molecule has 0 aliphatic heterocycles. The van der Waals surface area contributed by atoms with Crippen molar-refractivity contribution in [2.45, 2.75) is 12.5 Å². The van der Waals surface area contributed by atoms with Gasteiger partial charge in [-0.15, -0.1) is 0 Å². The summed E-state index contributed by atoms with van der Waals surface area (Å²) in [5.74, 6) is 0.345. The molecule has 0 radical (unpaired) electrons. The zero-order chi connectivity index (χ0) is 4.57. The molecule has 0 heterocycles. The van der Waals surface area contributed by atoms with Gasteiger partial charge in [0.2, 0.25) is 0 Å². The fourth-order valence-electron chi connectivity index (χ4n) is 0.405. The maximum absolute atomic E-state index is 10.1. The molecule has 1 aliphatic rings. The van der Waals surface area contributed by atoms with Gasteiger partial charge in [0.25, 0.3) is 0 Å². The molecule has 0 amide bonds. The van der Waals surface area contributed by atoms with Crippen LogP contribution in [0.25, 0.3) is 0 Å². The van der Waals surface area contributed by atoms with Gasteiger partial charge >= 0.3 is 0 Å². The fraction of sp³-hybridized carbons (Fsp3) is 0.750. The van der Waals surface area contributed by atoms with E-state index in [0.29, 0.717) is 5.78 Å². The summed E-state index contributed by atoms with van der Waals surface area (Å²) < 4.78 is 0. The zero-order valence-corrected chi connectivity index (χ0v) is 3.69. The molecule has 1 unspecified atom stereocenters. The van der Waals surface area contributed by atoms with Crippen molar-refractivity contribution in [2.24, 2.45) is 0 Å². The predicted molar refractivity (Wildman–Crippen MR) is 22.5 cm³/mol. The van der Waals surface area contributed by atoms with Crippen LogP contribution in [0.2, 0.25) is 0 Å². The Morgan fingerprint density at radius 2 is 2.50 bits per heavy atom. The van der Waals surface area contributed by atoms with E-state index in [1.165, 1.54) is 0 Å². The monoisotopic (exact) mass is 85.1 g/mol. The standard InChI is InChI=1S/C4H7NO/c1-5-3-2-4(3)6/h3,5H,2H2,1H3. The average molecular weight is 85.1 g/mol. The second-order valence-electron chi connectivity index (χ2n) is 1.51. The number of carbonyl (C=O) groups excluding carboxylic acids is 1. The lowest BCUT2D eigenvalue weighted by atomic mass is 10.7. The van der Waals surface area contributed by atoms with Crippen LogP contribution in [-0.4, -0.2) is 18.9 Å². The molecule has 0 bridgehead atoms. The molecule has 0 saturated heterocycles. The predicted octanol–water partition coefficient (Wildman–Crippen LogP) is -0.453. The van der Waals surface area contributed by atoms with E-state index < -0.39 is 0 Å². The first-order valence-corrected chi connectivity index (χ1v) is 2.04. The van der Waals surface area contributed by atoms with Crippen molar-refractivity contribution in [3.63, 3.8) is 0 Å². The van der Waals surface area contributed by atoms with Crippen LogP contribution in [0.15, 0.2) is 0 Å². The van der Waals surface area contributed by atoms with E-state index in [4.69, 9.17) is 0 Å². The first-order chi connectivity index (χ1) is 2.84. The average Bonchev–Trinajstić information content (AvgIpc) is 2.19. The van der Waals surface area contributed by atoms with Gasteiger partial charge in [-0.1, -0.05) is 0 Å². The summed E-state index contributed by atoms with van der Waals surface area (Å²) in [5, 5.41) is 2.84. The maximum atomic E-state index is 10.1. The number of Topliss-reactive ketones (excluding diaryl/α,β-unsaturated/α-hetero) is 1. The molecule has 34 valence electrons. The molecule has 0 aromatic rings. The van der Waals surface area contributed by atoms with Crippen LogP contribution in [0.4, 0.5) is 0 Å². The highest BCUT2D eigenvalue weighted by Crippen LogP contribution is 2.11. The molecule has 6 heavy (non-hydrogen) atoms. The largest absolute Gasteiger partial charge is 0.310 e. The van der Waals surface area contributed by atoms with Crippen LogP contribution < -0.4 is 5.32 Å². The Morgan fingerprint density at radius 1 is 2.00 bits per heavy atom. The van der Waals surface area contributed by atoms with Crippen molar-refractivity contribution < 1.29 is 4.79 Å². The highest BCUT2D eigenvalue weighted by Gasteiger charge is 2.32. The molecular weight excluding hydrogens is 78.0 g/mol. The summed E-state index contributed by atoms with van der Waals surface area (Å²) in [6.45, 7) is 0. The second kappa shape index (κ2) is 1.05. The van der Waals surface area contributed by atoms with Gasteiger partial charge in [0, 0.05) is 6.42 Å². The molecular formula is C4H7NO. The molecule has 2 nitrogen and oxygen atoms in total. The SMILES string of the molecule is CNC1CC1=O. The Morgan fingerprint density at radius 3 is 2.50 bits per heavy atom. The summed E-state index contributed by atoms with van der Waals surface area (Å²) in [6, 6.07) is 0.213. The summed E-state index contributed by atoms with van der Waals surface area (Å²) in [6.07, 6.45) is 0.747. The quantitative estimate of drug-likeness (QED) is 0.467. The molecule has 0 spiro atoms.